The second-order valence-electron chi connectivity index (χ2n) is 7.06. The summed E-state index contributed by atoms with van der Waals surface area (Å²) < 4.78 is 1.87. The average molecular weight is 411 g/mol. The Hall–Kier alpha value is -4.08. The fourth-order valence-electron chi connectivity index (χ4n) is 3.45. The number of aromatic nitrogens is 2. The summed E-state index contributed by atoms with van der Waals surface area (Å²) in [6, 6.07) is 24.1. The minimum absolute atomic E-state index is 0.0523. The van der Waals surface area contributed by atoms with Crippen LogP contribution in [0.15, 0.2) is 85.2 Å². The molecular weight excluding hydrogens is 390 g/mol. The molecule has 4 aromatic rings. The molecular formula is C25H21N3O3. The predicted molar refractivity (Wildman–Crippen MR) is 120 cm³/mol. The predicted octanol–water partition coefficient (Wildman–Crippen LogP) is 3.88. The standard InChI is InChI=1S/C25H21N3O3/c29-24(14-11-18-7-3-1-4-8-18)27-20-12-13-22-21(15-20)26-17-28(22)23(16-25(30)31)19-9-5-2-6-10-19/h1-10,12-13,15,17,23-24,27,29H,16H2,(H,30,31). The van der Waals surface area contributed by atoms with Crippen LogP contribution in [0, 0.1) is 11.8 Å². The van der Waals surface area contributed by atoms with Gasteiger partial charge in [0.25, 0.3) is 0 Å². The quantitative estimate of drug-likeness (QED) is 0.331. The van der Waals surface area contributed by atoms with E-state index in [0.717, 1.165) is 16.6 Å². The molecule has 0 saturated carbocycles. The van der Waals surface area contributed by atoms with E-state index < -0.39 is 12.2 Å². The van der Waals surface area contributed by atoms with Crippen molar-refractivity contribution in [3.05, 3.63) is 96.3 Å². The van der Waals surface area contributed by atoms with E-state index >= 15 is 0 Å². The zero-order chi connectivity index (χ0) is 21.6. The number of carbonyl (C=O) groups is 1. The number of nitrogens with one attached hydrogen (secondary N) is 1. The second kappa shape index (κ2) is 9.16. The maximum Gasteiger partial charge on any atom is 0.305 e. The van der Waals surface area contributed by atoms with Crippen molar-refractivity contribution in [1.82, 2.24) is 9.55 Å². The van der Waals surface area contributed by atoms with Crippen molar-refractivity contribution < 1.29 is 15.0 Å². The minimum atomic E-state index is -1.04. The zero-order valence-electron chi connectivity index (χ0n) is 16.6. The SMILES string of the molecule is O=C(O)CC(c1ccccc1)n1cnc2cc(NC(O)C#Cc3ccccc3)ccc21. The van der Waals surface area contributed by atoms with E-state index in [1.54, 1.807) is 6.33 Å². The Labute approximate surface area is 179 Å². The summed E-state index contributed by atoms with van der Waals surface area (Å²) in [5, 5.41) is 22.6. The highest BCUT2D eigenvalue weighted by molar-refractivity contribution is 5.80. The van der Waals surface area contributed by atoms with Crippen molar-refractivity contribution in [2.24, 2.45) is 0 Å². The third-order valence-corrected chi connectivity index (χ3v) is 4.89. The lowest BCUT2D eigenvalue weighted by Gasteiger charge is -2.18. The van der Waals surface area contributed by atoms with Crippen LogP contribution in [0.2, 0.25) is 0 Å². The van der Waals surface area contributed by atoms with E-state index in [1.165, 1.54) is 0 Å². The van der Waals surface area contributed by atoms with Crippen molar-refractivity contribution in [2.45, 2.75) is 18.7 Å². The number of aliphatic hydroxyl groups excluding tert-OH is 1. The molecule has 3 N–H and O–H groups in total. The molecule has 0 aliphatic rings. The number of carboxylic acid groups (broad SMARTS) is 1. The van der Waals surface area contributed by atoms with Gasteiger partial charge in [0, 0.05) is 11.3 Å². The number of anilines is 1. The molecule has 6 nitrogen and oxygen atoms in total. The Morgan fingerprint density at radius 2 is 1.74 bits per heavy atom. The lowest BCUT2D eigenvalue weighted by atomic mass is 10.0. The molecule has 0 amide bonds. The van der Waals surface area contributed by atoms with Crippen LogP contribution in [0.1, 0.15) is 23.6 Å². The zero-order valence-corrected chi connectivity index (χ0v) is 16.6. The molecule has 1 heterocycles. The molecule has 2 unspecified atom stereocenters. The number of aliphatic hydroxyl groups is 1. The Bertz CT molecular complexity index is 1240. The normalized spacial score (nSPS) is 12.5. The Morgan fingerprint density at radius 1 is 1.03 bits per heavy atom. The van der Waals surface area contributed by atoms with Gasteiger partial charge in [0.1, 0.15) is 0 Å². The smallest absolute Gasteiger partial charge is 0.305 e. The molecule has 0 spiro atoms. The number of benzene rings is 3. The molecule has 154 valence electrons. The number of imidazole rings is 1. The summed E-state index contributed by atoms with van der Waals surface area (Å²) in [7, 11) is 0. The summed E-state index contributed by atoms with van der Waals surface area (Å²) >= 11 is 0. The van der Waals surface area contributed by atoms with Crippen LogP contribution in [0.5, 0.6) is 0 Å². The van der Waals surface area contributed by atoms with Crippen LogP contribution in [0.4, 0.5) is 5.69 Å². The summed E-state index contributed by atoms with van der Waals surface area (Å²) in [4.78, 5) is 15.9. The molecule has 31 heavy (non-hydrogen) atoms. The highest BCUT2D eigenvalue weighted by Gasteiger charge is 2.19. The number of hydrogen-bond acceptors (Lipinski definition) is 4. The number of fused-ring (bicyclic) bond motifs is 1. The molecule has 6 heteroatoms. The van der Waals surface area contributed by atoms with E-state index in [2.05, 4.69) is 22.1 Å². The lowest BCUT2D eigenvalue weighted by molar-refractivity contribution is -0.137. The van der Waals surface area contributed by atoms with Gasteiger partial charge in [-0.25, -0.2) is 4.98 Å². The van der Waals surface area contributed by atoms with Crippen LogP contribution in [-0.2, 0) is 4.79 Å². The molecule has 3 aromatic carbocycles. The van der Waals surface area contributed by atoms with Crippen LogP contribution in [0.25, 0.3) is 11.0 Å². The van der Waals surface area contributed by atoms with E-state index in [0.29, 0.717) is 11.2 Å². The van der Waals surface area contributed by atoms with Gasteiger partial charge in [-0.2, -0.15) is 0 Å². The first kappa shape index (κ1) is 20.2. The Kier molecular flexibility index (Phi) is 5.97. The van der Waals surface area contributed by atoms with Gasteiger partial charge in [-0.1, -0.05) is 54.5 Å². The second-order valence-corrected chi connectivity index (χ2v) is 7.06. The molecule has 1 aromatic heterocycles. The molecule has 0 aliphatic heterocycles. The van der Waals surface area contributed by atoms with Crippen LogP contribution in [-0.4, -0.2) is 32.0 Å². The summed E-state index contributed by atoms with van der Waals surface area (Å²) in [5.41, 5.74) is 3.90. The van der Waals surface area contributed by atoms with Gasteiger partial charge in [-0.3, -0.25) is 4.79 Å². The van der Waals surface area contributed by atoms with Crippen LogP contribution in [0.3, 0.4) is 0 Å². The van der Waals surface area contributed by atoms with Gasteiger partial charge in [0.15, 0.2) is 6.23 Å². The van der Waals surface area contributed by atoms with Crippen molar-refractivity contribution >= 4 is 22.7 Å². The van der Waals surface area contributed by atoms with Gasteiger partial charge in [0.2, 0.25) is 0 Å². The van der Waals surface area contributed by atoms with Gasteiger partial charge in [-0.05, 0) is 41.8 Å². The first-order valence-corrected chi connectivity index (χ1v) is 9.84. The molecule has 0 bridgehead atoms. The van der Waals surface area contributed by atoms with Gasteiger partial charge in [-0.15, -0.1) is 0 Å². The molecule has 0 radical (unpaired) electrons. The minimum Gasteiger partial charge on any atom is -0.481 e. The maximum absolute atomic E-state index is 11.5. The summed E-state index contributed by atoms with van der Waals surface area (Å²) in [5.74, 6) is 4.80. The molecule has 0 fully saturated rings. The first-order valence-electron chi connectivity index (χ1n) is 9.84. The first-order chi connectivity index (χ1) is 15.1. The van der Waals surface area contributed by atoms with E-state index in [9.17, 15) is 15.0 Å². The van der Waals surface area contributed by atoms with E-state index in [4.69, 9.17) is 0 Å². The highest BCUT2D eigenvalue weighted by Crippen LogP contribution is 2.28. The number of nitrogens with zero attached hydrogens (tertiary/aromatic N) is 2. The molecule has 0 aliphatic carbocycles. The number of aliphatic carboxylic acids is 1. The molecule has 0 saturated heterocycles. The third-order valence-electron chi connectivity index (χ3n) is 4.89. The third kappa shape index (κ3) is 4.92. The number of rotatable bonds is 6. The number of carboxylic acids is 1. The monoisotopic (exact) mass is 411 g/mol. The van der Waals surface area contributed by atoms with Crippen LogP contribution >= 0.6 is 0 Å². The largest absolute Gasteiger partial charge is 0.481 e. The fraction of sp³-hybridized carbons (Fsp3) is 0.120. The van der Waals surface area contributed by atoms with Crippen molar-refractivity contribution in [1.29, 1.82) is 0 Å². The number of hydrogen-bond donors (Lipinski definition) is 3. The fourth-order valence-corrected chi connectivity index (χ4v) is 3.45. The lowest BCUT2D eigenvalue weighted by Crippen LogP contribution is -2.16. The summed E-state index contributed by atoms with van der Waals surface area (Å²) in [6.07, 6.45) is 0.563. The van der Waals surface area contributed by atoms with E-state index in [1.807, 2.05) is 83.4 Å². The van der Waals surface area contributed by atoms with E-state index in [-0.39, 0.29) is 12.5 Å². The summed E-state index contributed by atoms with van der Waals surface area (Å²) in [6.45, 7) is 0. The van der Waals surface area contributed by atoms with Crippen molar-refractivity contribution in [3.63, 3.8) is 0 Å². The van der Waals surface area contributed by atoms with Gasteiger partial charge >= 0.3 is 5.97 Å². The van der Waals surface area contributed by atoms with Gasteiger partial charge < -0.3 is 20.1 Å². The topological polar surface area (TPSA) is 87.4 Å². The maximum atomic E-state index is 11.5. The van der Waals surface area contributed by atoms with Crippen LogP contribution < -0.4 is 5.32 Å². The van der Waals surface area contributed by atoms with Gasteiger partial charge in [0.05, 0.1) is 29.8 Å². The van der Waals surface area contributed by atoms with Crippen molar-refractivity contribution in [2.75, 3.05) is 5.32 Å². The molecule has 4 rings (SSSR count). The highest BCUT2D eigenvalue weighted by atomic mass is 16.4. The Morgan fingerprint density at radius 3 is 2.45 bits per heavy atom. The van der Waals surface area contributed by atoms with Crippen molar-refractivity contribution in [3.8, 4) is 11.8 Å². The Balaban J connectivity index is 1.57. The molecule has 2 atom stereocenters. The average Bonchev–Trinajstić information content (AvgIpc) is 3.20.